The first-order valence-corrected chi connectivity index (χ1v) is 8.27. The van der Waals surface area contributed by atoms with Crippen molar-refractivity contribution in [3.05, 3.63) is 59.4 Å². The predicted molar refractivity (Wildman–Crippen MR) is 92.9 cm³/mol. The van der Waals surface area contributed by atoms with Crippen molar-refractivity contribution < 1.29 is 9.59 Å². The van der Waals surface area contributed by atoms with Crippen LogP contribution in [0.5, 0.6) is 0 Å². The lowest BCUT2D eigenvalue weighted by Crippen LogP contribution is -2.41. The minimum absolute atomic E-state index is 0.113. The Labute approximate surface area is 145 Å². The van der Waals surface area contributed by atoms with E-state index in [0.717, 1.165) is 5.56 Å². The summed E-state index contributed by atoms with van der Waals surface area (Å²) in [5.41, 5.74) is 1.69. The Balaban J connectivity index is 1.56. The summed E-state index contributed by atoms with van der Waals surface area (Å²) >= 11 is 6.15. The van der Waals surface area contributed by atoms with E-state index in [1.165, 1.54) is 0 Å². The maximum absolute atomic E-state index is 12.5. The zero-order chi connectivity index (χ0) is 16.9. The van der Waals surface area contributed by atoms with Crippen LogP contribution in [-0.4, -0.2) is 29.4 Å². The van der Waals surface area contributed by atoms with E-state index >= 15 is 0 Å². The molecule has 0 saturated carbocycles. The Bertz CT molecular complexity index is 736. The van der Waals surface area contributed by atoms with E-state index in [1.54, 1.807) is 23.4 Å². The number of aryl methyl sites for hydroxylation is 1. The second-order valence-corrected chi connectivity index (χ2v) is 6.12. The molecule has 0 unspecified atom stereocenters. The van der Waals surface area contributed by atoms with Crippen LogP contribution in [0.2, 0.25) is 5.02 Å². The molecule has 2 aromatic rings. The topological polar surface area (TPSA) is 62.3 Å². The highest BCUT2D eigenvalue weighted by Crippen LogP contribution is 2.28. The minimum Gasteiger partial charge on any atom is -0.344 e. The largest absolute Gasteiger partial charge is 0.344 e. The van der Waals surface area contributed by atoms with Gasteiger partial charge in [0, 0.05) is 25.4 Å². The first-order chi connectivity index (χ1) is 11.6. The Morgan fingerprint density at radius 2 is 2.12 bits per heavy atom. The van der Waals surface area contributed by atoms with E-state index in [4.69, 9.17) is 11.6 Å². The molecule has 0 radical (unpaired) electrons. The molecule has 1 aliphatic heterocycles. The van der Waals surface area contributed by atoms with Crippen molar-refractivity contribution in [2.24, 2.45) is 0 Å². The van der Waals surface area contributed by atoms with Crippen LogP contribution < -0.4 is 10.2 Å². The molecule has 5 nitrogen and oxygen atoms in total. The van der Waals surface area contributed by atoms with Crippen molar-refractivity contribution in [3.8, 4) is 0 Å². The molecule has 1 atom stereocenters. The Morgan fingerprint density at radius 3 is 2.88 bits per heavy atom. The molecule has 24 heavy (non-hydrogen) atoms. The Hall–Kier alpha value is -2.40. The summed E-state index contributed by atoms with van der Waals surface area (Å²) in [7, 11) is 0. The van der Waals surface area contributed by atoms with Gasteiger partial charge in [0.25, 0.3) is 0 Å². The van der Waals surface area contributed by atoms with Crippen LogP contribution in [0, 0.1) is 0 Å². The zero-order valence-electron chi connectivity index (χ0n) is 13.1. The van der Waals surface area contributed by atoms with Gasteiger partial charge in [-0.3, -0.25) is 14.6 Å². The number of rotatable bonds is 5. The lowest BCUT2D eigenvalue weighted by molar-refractivity contribution is -0.126. The number of pyridine rings is 1. The first-order valence-electron chi connectivity index (χ1n) is 7.89. The van der Waals surface area contributed by atoms with E-state index in [1.807, 2.05) is 30.3 Å². The van der Waals surface area contributed by atoms with Crippen LogP contribution in [0.25, 0.3) is 0 Å². The van der Waals surface area contributed by atoms with Crippen molar-refractivity contribution >= 4 is 29.1 Å². The predicted octanol–water partition coefficient (Wildman–Crippen LogP) is 2.59. The van der Waals surface area contributed by atoms with Crippen LogP contribution in [0.4, 0.5) is 5.69 Å². The average molecular weight is 344 g/mol. The van der Waals surface area contributed by atoms with Crippen LogP contribution in [0.1, 0.15) is 18.4 Å². The van der Waals surface area contributed by atoms with Gasteiger partial charge < -0.3 is 10.2 Å². The summed E-state index contributed by atoms with van der Waals surface area (Å²) < 4.78 is 0. The number of carbonyl (C=O) groups excluding carboxylic acids is 2. The van der Waals surface area contributed by atoms with Crippen molar-refractivity contribution in [1.29, 1.82) is 0 Å². The van der Waals surface area contributed by atoms with Crippen LogP contribution in [0.3, 0.4) is 0 Å². The van der Waals surface area contributed by atoms with Gasteiger partial charge in [-0.2, -0.15) is 0 Å². The molecule has 1 fully saturated rings. The molecular weight excluding hydrogens is 326 g/mol. The van der Waals surface area contributed by atoms with E-state index in [2.05, 4.69) is 10.3 Å². The van der Waals surface area contributed by atoms with Gasteiger partial charge in [0.05, 0.1) is 10.7 Å². The maximum Gasteiger partial charge on any atom is 0.249 e. The lowest BCUT2D eigenvalue weighted by atomic mass is 10.1. The minimum atomic E-state index is -0.484. The highest BCUT2D eigenvalue weighted by molar-refractivity contribution is 6.34. The number of hydrogen-bond donors (Lipinski definition) is 1. The van der Waals surface area contributed by atoms with Crippen molar-refractivity contribution in [1.82, 2.24) is 10.3 Å². The molecular formula is C18H18ClN3O2. The highest BCUT2D eigenvalue weighted by Gasteiger charge is 2.34. The molecule has 1 aromatic carbocycles. The monoisotopic (exact) mass is 343 g/mol. The van der Waals surface area contributed by atoms with Crippen LogP contribution in [0.15, 0.2) is 48.8 Å². The summed E-state index contributed by atoms with van der Waals surface area (Å²) in [5, 5.41) is 3.36. The zero-order valence-corrected chi connectivity index (χ0v) is 13.9. The standard InChI is InChI=1S/C18H18ClN3O2/c19-14-5-1-2-6-16(14)22-11-9-15(18(22)24)21-17(23)8-7-13-4-3-10-20-12-13/h1-6,10,12,15H,7-9,11H2,(H,21,23)/t15-/m1/s1. The number of hydrogen-bond acceptors (Lipinski definition) is 3. The molecule has 124 valence electrons. The molecule has 1 saturated heterocycles. The molecule has 3 rings (SSSR count). The number of nitrogens with one attached hydrogen (secondary N) is 1. The van der Waals surface area contributed by atoms with Gasteiger partial charge in [-0.05, 0) is 36.6 Å². The van der Waals surface area contributed by atoms with Crippen molar-refractivity contribution in [2.45, 2.75) is 25.3 Å². The van der Waals surface area contributed by atoms with Crippen molar-refractivity contribution in [2.75, 3.05) is 11.4 Å². The van der Waals surface area contributed by atoms with Gasteiger partial charge in [-0.25, -0.2) is 0 Å². The average Bonchev–Trinajstić information content (AvgIpc) is 2.95. The van der Waals surface area contributed by atoms with Crippen LogP contribution >= 0.6 is 11.6 Å². The second kappa shape index (κ2) is 7.45. The highest BCUT2D eigenvalue weighted by atomic mass is 35.5. The molecule has 6 heteroatoms. The number of carbonyl (C=O) groups is 2. The van der Waals surface area contributed by atoms with Gasteiger partial charge in [-0.1, -0.05) is 29.8 Å². The second-order valence-electron chi connectivity index (χ2n) is 5.71. The normalized spacial score (nSPS) is 17.1. The fourth-order valence-electron chi connectivity index (χ4n) is 2.79. The molecule has 2 heterocycles. The van der Waals surface area contributed by atoms with Crippen molar-refractivity contribution in [3.63, 3.8) is 0 Å². The number of aromatic nitrogens is 1. The quantitative estimate of drug-likeness (QED) is 0.907. The Kier molecular flexibility index (Phi) is 5.11. The third kappa shape index (κ3) is 3.74. The fourth-order valence-corrected chi connectivity index (χ4v) is 3.03. The fraction of sp³-hybridized carbons (Fsp3) is 0.278. The number of nitrogens with zero attached hydrogens (tertiary/aromatic N) is 2. The number of para-hydroxylation sites is 1. The number of halogens is 1. The SMILES string of the molecule is O=C(CCc1cccnc1)N[C@@H]1CCN(c2ccccc2Cl)C1=O. The molecule has 1 N–H and O–H groups in total. The third-order valence-electron chi connectivity index (χ3n) is 4.05. The number of benzene rings is 1. The first kappa shape index (κ1) is 16.5. The third-order valence-corrected chi connectivity index (χ3v) is 4.37. The van der Waals surface area contributed by atoms with Gasteiger partial charge in [0.15, 0.2) is 0 Å². The van der Waals surface area contributed by atoms with Gasteiger partial charge in [-0.15, -0.1) is 0 Å². The van der Waals surface area contributed by atoms with E-state index in [-0.39, 0.29) is 11.8 Å². The Morgan fingerprint density at radius 1 is 1.29 bits per heavy atom. The molecule has 0 aliphatic carbocycles. The number of anilines is 1. The molecule has 2 amide bonds. The molecule has 0 bridgehead atoms. The molecule has 1 aromatic heterocycles. The number of amides is 2. The molecule has 0 spiro atoms. The summed E-state index contributed by atoms with van der Waals surface area (Å²) in [6.45, 7) is 0.552. The summed E-state index contributed by atoms with van der Waals surface area (Å²) in [5.74, 6) is -0.240. The summed E-state index contributed by atoms with van der Waals surface area (Å²) in [6.07, 6.45) is 4.97. The van der Waals surface area contributed by atoms with E-state index in [0.29, 0.717) is 36.5 Å². The summed E-state index contributed by atoms with van der Waals surface area (Å²) in [4.78, 5) is 30.3. The van der Waals surface area contributed by atoms with E-state index in [9.17, 15) is 9.59 Å². The van der Waals surface area contributed by atoms with E-state index < -0.39 is 6.04 Å². The summed E-state index contributed by atoms with van der Waals surface area (Å²) in [6, 6.07) is 10.5. The smallest absolute Gasteiger partial charge is 0.249 e. The molecule has 1 aliphatic rings. The maximum atomic E-state index is 12.5. The van der Waals surface area contributed by atoms with Crippen LogP contribution in [-0.2, 0) is 16.0 Å². The van der Waals surface area contributed by atoms with Gasteiger partial charge >= 0.3 is 0 Å². The van der Waals surface area contributed by atoms with Gasteiger partial charge in [0.1, 0.15) is 6.04 Å². The lowest BCUT2D eigenvalue weighted by Gasteiger charge is -2.18. The van der Waals surface area contributed by atoms with Gasteiger partial charge in [0.2, 0.25) is 11.8 Å².